The van der Waals surface area contributed by atoms with E-state index in [1.807, 2.05) is 0 Å². The highest BCUT2D eigenvalue weighted by molar-refractivity contribution is 5.22. The summed E-state index contributed by atoms with van der Waals surface area (Å²) in [6.45, 7) is 10.6. The van der Waals surface area contributed by atoms with Crippen molar-refractivity contribution in [3.8, 4) is 0 Å². The van der Waals surface area contributed by atoms with Gasteiger partial charge in [0.15, 0.2) is 0 Å². The first-order valence-corrected chi connectivity index (χ1v) is 8.67. The van der Waals surface area contributed by atoms with Crippen LogP contribution in [0.4, 0.5) is 0 Å². The Labute approximate surface area is 130 Å². The molecule has 1 aromatic carbocycles. The number of hydrogen-bond acceptors (Lipinski definition) is 2. The molecular weight excluding hydrogens is 256 g/mol. The van der Waals surface area contributed by atoms with Gasteiger partial charge in [-0.05, 0) is 65.1 Å². The maximum Gasteiger partial charge on any atom is 0.0169 e. The number of piperidine rings is 1. The number of nitrogens with one attached hydrogen (secondary N) is 1. The molecule has 0 aromatic heterocycles. The summed E-state index contributed by atoms with van der Waals surface area (Å²) in [5.74, 6) is 0. The van der Waals surface area contributed by atoms with Crippen molar-refractivity contribution >= 4 is 0 Å². The van der Waals surface area contributed by atoms with Gasteiger partial charge in [0.25, 0.3) is 0 Å². The predicted molar refractivity (Wildman–Crippen MR) is 91.9 cm³/mol. The molecule has 0 spiro atoms. The number of nitrogens with zero attached hydrogens (tertiary/aromatic N) is 1. The van der Waals surface area contributed by atoms with Crippen LogP contribution < -0.4 is 5.32 Å². The molecule has 2 unspecified atom stereocenters. The summed E-state index contributed by atoms with van der Waals surface area (Å²) < 4.78 is 0. The van der Waals surface area contributed by atoms with Crippen molar-refractivity contribution in [2.45, 2.75) is 65.0 Å². The van der Waals surface area contributed by atoms with Gasteiger partial charge in [-0.2, -0.15) is 0 Å². The van der Waals surface area contributed by atoms with Gasteiger partial charge in [0, 0.05) is 18.6 Å². The van der Waals surface area contributed by atoms with Crippen molar-refractivity contribution in [1.29, 1.82) is 0 Å². The highest BCUT2D eigenvalue weighted by Crippen LogP contribution is 2.10. The van der Waals surface area contributed by atoms with E-state index >= 15 is 0 Å². The Balaban J connectivity index is 1.67. The minimum Gasteiger partial charge on any atom is -0.310 e. The number of rotatable bonds is 7. The first kappa shape index (κ1) is 16.5. The maximum atomic E-state index is 3.77. The third-order valence-electron chi connectivity index (χ3n) is 4.50. The fraction of sp³-hybridized carbons (Fsp3) is 0.684. The molecule has 2 rings (SSSR count). The fourth-order valence-corrected chi connectivity index (χ4v) is 3.40. The minimum absolute atomic E-state index is 0.588. The van der Waals surface area contributed by atoms with Crippen LogP contribution in [0.3, 0.4) is 0 Å². The van der Waals surface area contributed by atoms with Crippen LogP contribution in [0.25, 0.3) is 0 Å². The van der Waals surface area contributed by atoms with E-state index in [2.05, 4.69) is 55.3 Å². The lowest BCUT2D eigenvalue weighted by Gasteiger charge is -2.30. The fourth-order valence-electron chi connectivity index (χ4n) is 3.40. The summed E-state index contributed by atoms with van der Waals surface area (Å²) in [5, 5.41) is 3.77. The van der Waals surface area contributed by atoms with Crippen molar-refractivity contribution in [2.24, 2.45) is 0 Å². The predicted octanol–water partition coefficient (Wildman–Crippen LogP) is 3.78. The molecule has 1 saturated heterocycles. The molecule has 1 aliphatic rings. The van der Waals surface area contributed by atoms with Crippen LogP contribution in [-0.4, -0.2) is 36.6 Å². The monoisotopic (exact) mass is 288 g/mol. The van der Waals surface area contributed by atoms with E-state index < -0.39 is 0 Å². The normalized spacial score (nSPS) is 19.4. The third kappa shape index (κ3) is 6.19. The second-order valence-corrected chi connectivity index (χ2v) is 6.86. The lowest BCUT2D eigenvalue weighted by molar-refractivity contribution is 0.204. The van der Waals surface area contributed by atoms with E-state index in [4.69, 9.17) is 0 Å². The number of likely N-dealkylation sites (tertiary alicyclic amines) is 1. The topological polar surface area (TPSA) is 15.3 Å². The molecule has 1 aromatic rings. The summed E-state index contributed by atoms with van der Waals surface area (Å²) in [7, 11) is 0. The molecule has 2 atom stereocenters. The molecular formula is C19H32N2. The number of aryl methyl sites for hydroxylation is 2. The molecule has 2 nitrogen and oxygen atoms in total. The van der Waals surface area contributed by atoms with Crippen molar-refractivity contribution < 1.29 is 0 Å². The molecule has 0 aliphatic carbocycles. The van der Waals surface area contributed by atoms with Crippen molar-refractivity contribution in [3.63, 3.8) is 0 Å². The van der Waals surface area contributed by atoms with Gasteiger partial charge in [0.1, 0.15) is 0 Å². The lowest BCUT2D eigenvalue weighted by Crippen LogP contribution is -2.44. The summed E-state index contributed by atoms with van der Waals surface area (Å²) >= 11 is 0. The van der Waals surface area contributed by atoms with Crippen LogP contribution in [0.2, 0.25) is 0 Å². The van der Waals surface area contributed by atoms with Crippen LogP contribution in [0, 0.1) is 6.92 Å². The highest BCUT2D eigenvalue weighted by atomic mass is 15.2. The molecule has 0 saturated carbocycles. The van der Waals surface area contributed by atoms with Gasteiger partial charge in [0.2, 0.25) is 0 Å². The molecule has 21 heavy (non-hydrogen) atoms. The molecule has 2 heteroatoms. The molecule has 1 heterocycles. The molecule has 1 aliphatic heterocycles. The highest BCUT2D eigenvalue weighted by Gasteiger charge is 2.14. The van der Waals surface area contributed by atoms with Crippen LogP contribution in [0.15, 0.2) is 24.3 Å². The van der Waals surface area contributed by atoms with Crippen molar-refractivity contribution in [1.82, 2.24) is 10.2 Å². The number of benzene rings is 1. The largest absolute Gasteiger partial charge is 0.310 e. The average Bonchev–Trinajstić information content (AvgIpc) is 2.46. The van der Waals surface area contributed by atoms with Crippen molar-refractivity contribution in [3.05, 3.63) is 35.4 Å². The second kappa shape index (κ2) is 8.55. The van der Waals surface area contributed by atoms with E-state index in [0.29, 0.717) is 12.1 Å². The smallest absolute Gasteiger partial charge is 0.0169 e. The van der Waals surface area contributed by atoms with Gasteiger partial charge in [-0.25, -0.2) is 0 Å². The van der Waals surface area contributed by atoms with Crippen LogP contribution in [-0.2, 0) is 6.42 Å². The zero-order valence-corrected chi connectivity index (χ0v) is 14.1. The zero-order valence-electron chi connectivity index (χ0n) is 14.1. The molecule has 0 amide bonds. The number of hydrogen-bond donors (Lipinski definition) is 1. The van der Waals surface area contributed by atoms with Gasteiger partial charge in [-0.15, -0.1) is 0 Å². The van der Waals surface area contributed by atoms with E-state index in [1.54, 1.807) is 0 Å². The molecule has 118 valence electrons. The summed E-state index contributed by atoms with van der Waals surface area (Å²) in [4.78, 5) is 2.62. The van der Waals surface area contributed by atoms with E-state index in [0.717, 1.165) is 0 Å². The van der Waals surface area contributed by atoms with Gasteiger partial charge in [0.05, 0.1) is 0 Å². The lowest BCUT2D eigenvalue weighted by atomic mass is 10.0. The van der Waals surface area contributed by atoms with Gasteiger partial charge < -0.3 is 10.2 Å². The minimum atomic E-state index is 0.588. The van der Waals surface area contributed by atoms with E-state index in [-0.39, 0.29) is 0 Å². The second-order valence-electron chi connectivity index (χ2n) is 6.86. The van der Waals surface area contributed by atoms with E-state index in [1.165, 1.54) is 62.9 Å². The van der Waals surface area contributed by atoms with Gasteiger partial charge in [-0.1, -0.05) is 36.2 Å². The molecule has 0 radical (unpaired) electrons. The zero-order chi connectivity index (χ0) is 15.1. The first-order valence-electron chi connectivity index (χ1n) is 8.67. The average molecular weight is 288 g/mol. The van der Waals surface area contributed by atoms with Gasteiger partial charge in [-0.3, -0.25) is 0 Å². The Kier molecular flexibility index (Phi) is 6.72. The molecule has 1 N–H and O–H groups in total. The summed E-state index contributed by atoms with van der Waals surface area (Å²) in [6.07, 6.45) is 6.58. The Hall–Kier alpha value is -0.860. The quantitative estimate of drug-likeness (QED) is 0.821. The van der Waals surface area contributed by atoms with Crippen molar-refractivity contribution in [2.75, 3.05) is 19.6 Å². The summed E-state index contributed by atoms with van der Waals surface area (Å²) in [5.41, 5.74) is 2.83. The Morgan fingerprint density at radius 3 is 2.57 bits per heavy atom. The first-order chi connectivity index (χ1) is 10.1. The summed E-state index contributed by atoms with van der Waals surface area (Å²) in [6, 6.07) is 10.1. The third-order valence-corrected chi connectivity index (χ3v) is 4.50. The van der Waals surface area contributed by atoms with E-state index in [9.17, 15) is 0 Å². The van der Waals surface area contributed by atoms with Gasteiger partial charge >= 0.3 is 0 Å². The Morgan fingerprint density at radius 2 is 1.86 bits per heavy atom. The Morgan fingerprint density at radius 1 is 1.10 bits per heavy atom. The molecule has 1 fully saturated rings. The standard InChI is InChI=1S/C19H32N2/c1-16-8-7-9-19(14-16)11-10-17(2)20-18(3)15-21-12-5-4-6-13-21/h7-9,14,17-18,20H,4-6,10-13,15H2,1-3H3. The SMILES string of the molecule is Cc1cccc(CCC(C)NC(C)CN2CCCCC2)c1. The Bertz CT molecular complexity index is 410. The maximum absolute atomic E-state index is 3.77. The van der Waals surface area contributed by atoms with Crippen LogP contribution in [0.1, 0.15) is 50.7 Å². The molecule has 0 bridgehead atoms. The van der Waals surface area contributed by atoms with Crippen LogP contribution in [0.5, 0.6) is 0 Å². The van der Waals surface area contributed by atoms with Crippen LogP contribution >= 0.6 is 0 Å².